The third-order valence-electron chi connectivity index (χ3n) is 3.91. The van der Waals surface area contributed by atoms with Crippen LogP contribution in [0, 0.1) is 0 Å². The maximum absolute atomic E-state index is 12.5. The van der Waals surface area contributed by atoms with E-state index in [0.29, 0.717) is 16.4 Å². The van der Waals surface area contributed by atoms with Crippen molar-refractivity contribution < 1.29 is 14.3 Å². The number of methoxy groups -OCH3 is 1. The summed E-state index contributed by atoms with van der Waals surface area (Å²) in [7, 11) is 1.62. The first-order valence-electron chi connectivity index (χ1n) is 8.30. The molecule has 1 heterocycles. The Labute approximate surface area is 160 Å². The molecule has 0 aliphatic heterocycles. The minimum atomic E-state index is -0.215. The van der Waals surface area contributed by atoms with E-state index in [2.05, 4.69) is 10.3 Å². The molecule has 0 spiro atoms. The maximum Gasteiger partial charge on any atom is 0.257 e. The van der Waals surface area contributed by atoms with Crippen molar-refractivity contribution in [3.05, 3.63) is 78.4 Å². The van der Waals surface area contributed by atoms with Crippen molar-refractivity contribution in [2.45, 2.75) is 0 Å². The van der Waals surface area contributed by atoms with Crippen molar-refractivity contribution in [2.75, 3.05) is 12.4 Å². The number of amides is 1. The second-order valence-electron chi connectivity index (χ2n) is 5.75. The van der Waals surface area contributed by atoms with E-state index in [0.717, 1.165) is 21.7 Å². The molecule has 0 atom stereocenters. The van der Waals surface area contributed by atoms with Crippen LogP contribution in [0.5, 0.6) is 17.2 Å². The van der Waals surface area contributed by atoms with Gasteiger partial charge >= 0.3 is 0 Å². The zero-order valence-electron chi connectivity index (χ0n) is 14.5. The Bertz CT molecular complexity index is 1080. The fourth-order valence-corrected chi connectivity index (χ4v) is 3.44. The predicted molar refractivity (Wildman–Crippen MR) is 107 cm³/mol. The number of thiazole rings is 1. The summed E-state index contributed by atoms with van der Waals surface area (Å²) in [4.78, 5) is 16.9. The van der Waals surface area contributed by atoms with Crippen LogP contribution in [0.25, 0.3) is 10.2 Å². The molecule has 1 N–H and O–H groups in total. The number of carbonyl (C=O) groups excluding carboxylic acids is 1. The van der Waals surface area contributed by atoms with Crippen LogP contribution in [0.15, 0.2) is 72.8 Å². The monoisotopic (exact) mass is 376 g/mol. The molecule has 3 aromatic carbocycles. The number of hydrogen-bond donors (Lipinski definition) is 1. The van der Waals surface area contributed by atoms with Crippen molar-refractivity contribution in [1.29, 1.82) is 0 Å². The summed E-state index contributed by atoms with van der Waals surface area (Å²) in [6, 6.07) is 22.1. The van der Waals surface area contributed by atoms with Gasteiger partial charge in [-0.3, -0.25) is 10.1 Å². The summed E-state index contributed by atoms with van der Waals surface area (Å²) in [6.07, 6.45) is 0. The average molecular weight is 376 g/mol. The van der Waals surface area contributed by atoms with Gasteiger partial charge < -0.3 is 9.47 Å². The first-order chi connectivity index (χ1) is 13.2. The molecule has 0 unspecified atom stereocenters. The lowest BCUT2D eigenvalue weighted by Crippen LogP contribution is -2.11. The topological polar surface area (TPSA) is 60.5 Å². The molecule has 6 heteroatoms. The Morgan fingerprint density at radius 1 is 0.926 bits per heavy atom. The van der Waals surface area contributed by atoms with Gasteiger partial charge in [-0.1, -0.05) is 29.5 Å². The predicted octanol–water partition coefficient (Wildman–Crippen LogP) is 5.35. The van der Waals surface area contributed by atoms with E-state index >= 15 is 0 Å². The molecule has 0 bridgehead atoms. The molecule has 4 aromatic rings. The van der Waals surface area contributed by atoms with Gasteiger partial charge in [-0.15, -0.1) is 0 Å². The lowest BCUT2D eigenvalue weighted by atomic mass is 10.2. The number of rotatable bonds is 5. The van der Waals surface area contributed by atoms with Gasteiger partial charge in [0.1, 0.15) is 17.2 Å². The smallest absolute Gasteiger partial charge is 0.257 e. The van der Waals surface area contributed by atoms with Crippen molar-refractivity contribution >= 4 is 32.6 Å². The van der Waals surface area contributed by atoms with Gasteiger partial charge in [0.15, 0.2) is 5.13 Å². The van der Waals surface area contributed by atoms with Crippen molar-refractivity contribution in [2.24, 2.45) is 0 Å². The second kappa shape index (κ2) is 7.47. The SMILES string of the molecule is COc1ccc2nc(NC(=O)c3ccc(Oc4ccccc4)cc3)sc2c1. The van der Waals surface area contributed by atoms with Crippen LogP contribution in [0.1, 0.15) is 10.4 Å². The van der Waals surface area contributed by atoms with Gasteiger partial charge in [0.05, 0.1) is 17.3 Å². The van der Waals surface area contributed by atoms with Crippen LogP contribution >= 0.6 is 11.3 Å². The standard InChI is InChI=1S/C21H16N2O3S/c1-25-17-11-12-18-19(13-17)27-21(22-18)23-20(24)14-7-9-16(10-8-14)26-15-5-3-2-4-6-15/h2-13H,1H3,(H,22,23,24). The third kappa shape index (κ3) is 3.91. The van der Waals surface area contributed by atoms with E-state index in [1.54, 1.807) is 31.4 Å². The molecule has 0 saturated carbocycles. The molecule has 4 rings (SSSR count). The normalized spacial score (nSPS) is 10.6. The van der Waals surface area contributed by atoms with E-state index in [-0.39, 0.29) is 5.91 Å². The fourth-order valence-electron chi connectivity index (χ4n) is 2.55. The number of para-hydroxylation sites is 1. The van der Waals surface area contributed by atoms with Crippen LogP contribution in [0.4, 0.5) is 5.13 Å². The largest absolute Gasteiger partial charge is 0.497 e. The lowest BCUT2D eigenvalue weighted by Gasteiger charge is -2.06. The lowest BCUT2D eigenvalue weighted by molar-refractivity contribution is 0.102. The maximum atomic E-state index is 12.5. The van der Waals surface area contributed by atoms with Crippen LogP contribution in [-0.4, -0.2) is 18.0 Å². The summed E-state index contributed by atoms with van der Waals surface area (Å²) < 4.78 is 11.9. The molecule has 0 fully saturated rings. The zero-order chi connectivity index (χ0) is 18.6. The molecule has 0 saturated heterocycles. The molecule has 0 aliphatic carbocycles. The number of nitrogens with one attached hydrogen (secondary N) is 1. The Balaban J connectivity index is 1.46. The Hall–Kier alpha value is -3.38. The van der Waals surface area contributed by atoms with Crippen LogP contribution in [0.3, 0.4) is 0 Å². The van der Waals surface area contributed by atoms with E-state index in [1.165, 1.54) is 11.3 Å². The van der Waals surface area contributed by atoms with Gasteiger partial charge in [-0.25, -0.2) is 4.98 Å². The van der Waals surface area contributed by atoms with E-state index < -0.39 is 0 Å². The second-order valence-corrected chi connectivity index (χ2v) is 6.78. The van der Waals surface area contributed by atoms with Gasteiger partial charge in [0.25, 0.3) is 5.91 Å². The Morgan fingerprint density at radius 2 is 1.63 bits per heavy atom. The number of aromatic nitrogens is 1. The van der Waals surface area contributed by atoms with Crippen LogP contribution in [0.2, 0.25) is 0 Å². The molecule has 0 radical (unpaired) electrons. The highest BCUT2D eigenvalue weighted by molar-refractivity contribution is 7.22. The number of ether oxygens (including phenoxy) is 2. The number of anilines is 1. The van der Waals surface area contributed by atoms with Crippen molar-refractivity contribution in [1.82, 2.24) is 4.98 Å². The van der Waals surface area contributed by atoms with Gasteiger partial charge in [0.2, 0.25) is 0 Å². The number of hydrogen-bond acceptors (Lipinski definition) is 5. The first kappa shape index (κ1) is 17.1. The van der Waals surface area contributed by atoms with Gasteiger partial charge in [0, 0.05) is 5.56 Å². The molecule has 1 amide bonds. The Morgan fingerprint density at radius 3 is 2.37 bits per heavy atom. The third-order valence-corrected chi connectivity index (χ3v) is 4.85. The van der Waals surface area contributed by atoms with Crippen molar-refractivity contribution in [3.63, 3.8) is 0 Å². The van der Waals surface area contributed by atoms with Crippen LogP contribution in [-0.2, 0) is 0 Å². The molecule has 0 aliphatic rings. The molecule has 27 heavy (non-hydrogen) atoms. The van der Waals surface area contributed by atoms with Gasteiger partial charge in [-0.05, 0) is 54.6 Å². The average Bonchev–Trinajstić information content (AvgIpc) is 3.10. The molecule has 5 nitrogen and oxygen atoms in total. The first-order valence-corrected chi connectivity index (χ1v) is 9.12. The summed E-state index contributed by atoms with van der Waals surface area (Å²) in [5.74, 6) is 1.97. The number of nitrogens with zero attached hydrogens (tertiary/aromatic N) is 1. The molecular formula is C21H16N2O3S. The number of fused-ring (bicyclic) bond motifs is 1. The minimum Gasteiger partial charge on any atom is -0.497 e. The quantitative estimate of drug-likeness (QED) is 0.510. The van der Waals surface area contributed by atoms with E-state index in [1.807, 2.05) is 48.5 Å². The highest BCUT2D eigenvalue weighted by atomic mass is 32.1. The Kier molecular flexibility index (Phi) is 4.72. The summed E-state index contributed by atoms with van der Waals surface area (Å²) >= 11 is 1.41. The van der Waals surface area contributed by atoms with Gasteiger partial charge in [-0.2, -0.15) is 0 Å². The fraction of sp³-hybridized carbons (Fsp3) is 0.0476. The molecule has 134 valence electrons. The minimum absolute atomic E-state index is 0.215. The van der Waals surface area contributed by atoms with E-state index in [9.17, 15) is 4.79 Å². The highest BCUT2D eigenvalue weighted by Gasteiger charge is 2.11. The van der Waals surface area contributed by atoms with E-state index in [4.69, 9.17) is 9.47 Å². The zero-order valence-corrected chi connectivity index (χ0v) is 15.3. The number of benzene rings is 3. The number of carbonyl (C=O) groups is 1. The summed E-state index contributed by atoms with van der Waals surface area (Å²) in [6.45, 7) is 0. The summed E-state index contributed by atoms with van der Waals surface area (Å²) in [5, 5.41) is 3.39. The van der Waals surface area contributed by atoms with Crippen LogP contribution < -0.4 is 14.8 Å². The summed E-state index contributed by atoms with van der Waals surface area (Å²) in [5.41, 5.74) is 1.36. The highest BCUT2D eigenvalue weighted by Crippen LogP contribution is 2.29. The molecule has 1 aromatic heterocycles. The van der Waals surface area contributed by atoms with Crippen molar-refractivity contribution in [3.8, 4) is 17.2 Å². The molecular weight excluding hydrogens is 360 g/mol.